The fourth-order valence-corrected chi connectivity index (χ4v) is 3.98. The van der Waals surface area contributed by atoms with Crippen LogP contribution in [0.5, 0.6) is 0 Å². The van der Waals surface area contributed by atoms with E-state index in [1.165, 1.54) is 11.8 Å². The van der Waals surface area contributed by atoms with Crippen LogP contribution in [0.2, 0.25) is 0 Å². The molecule has 100 valence electrons. The summed E-state index contributed by atoms with van der Waals surface area (Å²) in [5, 5.41) is 1.99. The van der Waals surface area contributed by atoms with Gasteiger partial charge in [-0.3, -0.25) is 9.69 Å². The quantitative estimate of drug-likeness (QED) is 0.602. The van der Waals surface area contributed by atoms with Crippen molar-refractivity contribution in [1.82, 2.24) is 0 Å². The Morgan fingerprint density at radius 3 is 2.80 bits per heavy atom. The summed E-state index contributed by atoms with van der Waals surface area (Å²) in [6, 6.07) is 11.8. The lowest BCUT2D eigenvalue weighted by atomic mass is 10.2. The Balaban J connectivity index is 1.95. The lowest BCUT2D eigenvalue weighted by Crippen LogP contribution is -2.27. The molecule has 1 aromatic carbocycles. The van der Waals surface area contributed by atoms with E-state index >= 15 is 0 Å². The Kier molecular flexibility index (Phi) is 3.74. The van der Waals surface area contributed by atoms with Gasteiger partial charge in [0.15, 0.2) is 4.32 Å². The van der Waals surface area contributed by atoms with Crippen molar-refractivity contribution in [2.24, 2.45) is 0 Å². The maximum absolute atomic E-state index is 12.5. The largest absolute Gasteiger partial charge is 0.270 e. The van der Waals surface area contributed by atoms with Gasteiger partial charge in [0.05, 0.1) is 10.6 Å². The first-order valence-corrected chi connectivity index (χ1v) is 8.14. The van der Waals surface area contributed by atoms with Gasteiger partial charge in [-0.05, 0) is 42.1 Å². The monoisotopic (exact) mass is 317 g/mol. The molecule has 2 nitrogen and oxygen atoms in total. The first-order chi connectivity index (χ1) is 9.65. The zero-order valence-electron chi connectivity index (χ0n) is 10.7. The number of rotatable bonds is 2. The maximum atomic E-state index is 12.5. The molecule has 1 saturated heterocycles. The highest BCUT2D eigenvalue weighted by atomic mass is 32.2. The molecule has 2 aromatic rings. The van der Waals surface area contributed by atoms with E-state index in [1.54, 1.807) is 16.2 Å². The van der Waals surface area contributed by atoms with Crippen LogP contribution in [0.25, 0.3) is 6.08 Å². The van der Waals surface area contributed by atoms with Gasteiger partial charge in [-0.2, -0.15) is 0 Å². The zero-order valence-corrected chi connectivity index (χ0v) is 13.1. The number of aryl methyl sites for hydroxylation is 1. The van der Waals surface area contributed by atoms with E-state index < -0.39 is 0 Å². The predicted octanol–water partition coefficient (Wildman–Crippen LogP) is 4.46. The minimum atomic E-state index is -0.0426. The molecule has 5 heteroatoms. The second-order valence-electron chi connectivity index (χ2n) is 4.37. The average Bonchev–Trinajstić information content (AvgIpc) is 2.99. The molecule has 0 saturated carbocycles. The van der Waals surface area contributed by atoms with Gasteiger partial charge in [-0.25, -0.2) is 0 Å². The molecule has 0 unspecified atom stereocenters. The second kappa shape index (κ2) is 5.52. The third-order valence-electron chi connectivity index (χ3n) is 2.87. The summed E-state index contributed by atoms with van der Waals surface area (Å²) in [6.45, 7) is 2.00. The second-order valence-corrected chi connectivity index (χ2v) is 7.03. The third kappa shape index (κ3) is 2.57. The van der Waals surface area contributed by atoms with Crippen molar-refractivity contribution in [3.8, 4) is 0 Å². The van der Waals surface area contributed by atoms with Crippen LogP contribution in [0.1, 0.15) is 10.4 Å². The number of hydrogen-bond acceptors (Lipinski definition) is 4. The summed E-state index contributed by atoms with van der Waals surface area (Å²) < 4.78 is 0.586. The van der Waals surface area contributed by atoms with Crippen LogP contribution < -0.4 is 4.90 Å². The number of thioether (sulfide) groups is 1. The van der Waals surface area contributed by atoms with Gasteiger partial charge in [0.25, 0.3) is 5.91 Å². The van der Waals surface area contributed by atoms with Gasteiger partial charge in [-0.15, -0.1) is 11.3 Å². The fraction of sp³-hybridized carbons (Fsp3) is 0.0667. The molecular formula is C15H11NOS3. The van der Waals surface area contributed by atoms with Crippen molar-refractivity contribution in [2.75, 3.05) is 4.90 Å². The number of thiophene rings is 1. The minimum absolute atomic E-state index is 0.0426. The Morgan fingerprint density at radius 2 is 2.10 bits per heavy atom. The van der Waals surface area contributed by atoms with Crippen LogP contribution in [0.15, 0.2) is 46.7 Å². The van der Waals surface area contributed by atoms with E-state index in [0.717, 1.165) is 16.1 Å². The van der Waals surface area contributed by atoms with E-state index in [2.05, 4.69) is 0 Å². The summed E-state index contributed by atoms with van der Waals surface area (Å²) in [6.07, 6.45) is 1.90. The van der Waals surface area contributed by atoms with Gasteiger partial charge < -0.3 is 0 Å². The van der Waals surface area contributed by atoms with E-state index in [1.807, 2.05) is 54.8 Å². The molecule has 3 rings (SSSR count). The number of carbonyl (C=O) groups is 1. The Hall–Kier alpha value is -1.43. The first kappa shape index (κ1) is 13.5. The SMILES string of the molecule is Cc1cccc(N2C(=O)C(=Cc3cccs3)SC2=S)c1. The number of carbonyl (C=O) groups excluding carboxylic acids is 1. The van der Waals surface area contributed by atoms with E-state index in [0.29, 0.717) is 9.23 Å². The molecule has 1 aliphatic rings. The summed E-state index contributed by atoms with van der Waals surface area (Å²) in [5.74, 6) is -0.0426. The highest BCUT2D eigenvalue weighted by Gasteiger charge is 2.33. The summed E-state index contributed by atoms with van der Waals surface area (Å²) in [4.78, 5) is 15.9. The van der Waals surface area contributed by atoms with E-state index in [9.17, 15) is 4.79 Å². The smallest absolute Gasteiger partial charge is 0.268 e. The van der Waals surface area contributed by atoms with Gasteiger partial charge in [-0.1, -0.05) is 42.2 Å². The number of anilines is 1. The van der Waals surface area contributed by atoms with E-state index in [-0.39, 0.29) is 5.91 Å². The highest BCUT2D eigenvalue weighted by Crippen LogP contribution is 2.36. The number of amides is 1. The predicted molar refractivity (Wildman–Crippen MR) is 91.2 cm³/mol. The van der Waals surface area contributed by atoms with Crippen molar-refractivity contribution >= 4 is 57.3 Å². The van der Waals surface area contributed by atoms with Gasteiger partial charge in [0, 0.05) is 4.88 Å². The molecular weight excluding hydrogens is 306 g/mol. The third-order valence-corrected chi connectivity index (χ3v) is 4.99. The van der Waals surface area contributed by atoms with Crippen molar-refractivity contribution < 1.29 is 4.79 Å². The zero-order chi connectivity index (χ0) is 14.1. The molecule has 1 amide bonds. The summed E-state index contributed by atoms with van der Waals surface area (Å²) >= 11 is 8.31. The fourth-order valence-electron chi connectivity index (χ4n) is 1.96. The molecule has 20 heavy (non-hydrogen) atoms. The van der Waals surface area contributed by atoms with Gasteiger partial charge >= 0.3 is 0 Å². The number of nitrogens with zero attached hydrogens (tertiary/aromatic N) is 1. The lowest BCUT2D eigenvalue weighted by molar-refractivity contribution is -0.113. The van der Waals surface area contributed by atoms with Crippen LogP contribution in [-0.4, -0.2) is 10.2 Å². The molecule has 1 fully saturated rings. The van der Waals surface area contributed by atoms with Gasteiger partial charge in [0.2, 0.25) is 0 Å². The van der Waals surface area contributed by atoms with Crippen LogP contribution in [0, 0.1) is 6.92 Å². The number of thiocarbonyl (C=S) groups is 1. The first-order valence-electron chi connectivity index (χ1n) is 6.03. The van der Waals surface area contributed by atoms with Crippen molar-refractivity contribution in [2.45, 2.75) is 6.92 Å². The maximum Gasteiger partial charge on any atom is 0.270 e. The molecule has 0 aliphatic carbocycles. The molecule has 1 aliphatic heterocycles. The highest BCUT2D eigenvalue weighted by molar-refractivity contribution is 8.27. The van der Waals surface area contributed by atoms with Crippen molar-refractivity contribution in [3.63, 3.8) is 0 Å². The minimum Gasteiger partial charge on any atom is -0.268 e. The van der Waals surface area contributed by atoms with Crippen molar-refractivity contribution in [1.29, 1.82) is 0 Å². The molecule has 0 atom stereocenters. The molecule has 1 aromatic heterocycles. The lowest BCUT2D eigenvalue weighted by Gasteiger charge is -2.14. The topological polar surface area (TPSA) is 20.3 Å². The standard InChI is InChI=1S/C15H11NOS3/c1-10-4-2-5-11(8-10)16-14(17)13(20-15(16)18)9-12-6-3-7-19-12/h2-9H,1H3. The Bertz CT molecular complexity index is 704. The summed E-state index contributed by atoms with van der Waals surface area (Å²) in [7, 11) is 0. The van der Waals surface area contributed by atoms with Crippen molar-refractivity contribution in [3.05, 3.63) is 57.1 Å². The Labute approximate surface area is 131 Å². The molecule has 0 spiro atoms. The van der Waals surface area contributed by atoms with E-state index in [4.69, 9.17) is 12.2 Å². The van der Waals surface area contributed by atoms with Gasteiger partial charge in [0.1, 0.15) is 0 Å². The normalized spacial score (nSPS) is 17.2. The number of benzene rings is 1. The molecule has 0 radical (unpaired) electrons. The molecule has 0 bridgehead atoms. The molecule has 2 heterocycles. The number of hydrogen-bond donors (Lipinski definition) is 0. The molecule has 0 N–H and O–H groups in total. The average molecular weight is 317 g/mol. The Morgan fingerprint density at radius 1 is 1.25 bits per heavy atom. The van der Waals surface area contributed by atoms with Crippen LogP contribution in [-0.2, 0) is 4.79 Å². The van der Waals surface area contributed by atoms with Crippen LogP contribution in [0.3, 0.4) is 0 Å². The summed E-state index contributed by atoms with van der Waals surface area (Å²) in [5.41, 5.74) is 1.95. The van der Waals surface area contributed by atoms with Crippen LogP contribution in [0.4, 0.5) is 5.69 Å². The van der Waals surface area contributed by atoms with Crippen LogP contribution >= 0.6 is 35.3 Å².